The lowest BCUT2D eigenvalue weighted by Gasteiger charge is -2.09. The molecule has 0 bridgehead atoms. The highest BCUT2D eigenvalue weighted by Crippen LogP contribution is 2.21. The highest BCUT2D eigenvalue weighted by atomic mass is 32.2. The van der Waals surface area contributed by atoms with Crippen molar-refractivity contribution >= 4 is 44.4 Å². The van der Waals surface area contributed by atoms with Gasteiger partial charge in [0.15, 0.2) is 5.78 Å². The number of amides is 1. The van der Waals surface area contributed by atoms with Crippen molar-refractivity contribution in [2.75, 3.05) is 10.0 Å². The summed E-state index contributed by atoms with van der Waals surface area (Å²) < 4.78 is 27.1. The highest BCUT2D eigenvalue weighted by molar-refractivity contribution is 7.94. The lowest BCUT2D eigenvalue weighted by atomic mass is 10.1. The fourth-order valence-corrected chi connectivity index (χ4v) is 4.38. The Labute approximate surface area is 160 Å². The number of Topliss-reactive ketones (excluding diaryl/α,β-unsaturated/α-hetero) is 1. The molecule has 1 heterocycles. The molecule has 0 aliphatic rings. The maximum absolute atomic E-state index is 12.3. The van der Waals surface area contributed by atoms with Crippen LogP contribution in [-0.2, 0) is 10.0 Å². The molecule has 3 aromatic rings. The zero-order valence-electron chi connectivity index (χ0n) is 14.3. The average molecular weight is 400 g/mol. The summed E-state index contributed by atoms with van der Waals surface area (Å²) in [7, 11) is -3.63. The third-order valence-corrected chi connectivity index (χ3v) is 6.46. The minimum absolute atomic E-state index is 0.0894. The van der Waals surface area contributed by atoms with Crippen LogP contribution < -0.4 is 10.0 Å². The Morgan fingerprint density at radius 1 is 0.889 bits per heavy atom. The number of hydrogen-bond donors (Lipinski definition) is 2. The van der Waals surface area contributed by atoms with Gasteiger partial charge in [-0.2, -0.15) is 0 Å². The van der Waals surface area contributed by atoms with Crippen molar-refractivity contribution < 1.29 is 18.0 Å². The number of anilines is 2. The quantitative estimate of drug-likeness (QED) is 0.612. The summed E-state index contributed by atoms with van der Waals surface area (Å²) in [6.45, 7) is 1.46. The van der Waals surface area contributed by atoms with Crippen molar-refractivity contribution in [3.05, 3.63) is 77.2 Å². The second-order valence-corrected chi connectivity index (χ2v) is 8.56. The fourth-order valence-electron chi connectivity index (χ4n) is 2.33. The van der Waals surface area contributed by atoms with Gasteiger partial charge in [0.2, 0.25) is 0 Å². The lowest BCUT2D eigenvalue weighted by molar-refractivity contribution is 0.101. The number of carbonyl (C=O) groups excluding carboxylic acids is 2. The van der Waals surface area contributed by atoms with Gasteiger partial charge in [-0.25, -0.2) is 8.42 Å². The van der Waals surface area contributed by atoms with E-state index in [0.29, 0.717) is 22.5 Å². The van der Waals surface area contributed by atoms with Crippen molar-refractivity contribution in [2.24, 2.45) is 0 Å². The fraction of sp³-hybridized carbons (Fsp3) is 0.0526. The summed E-state index contributed by atoms with van der Waals surface area (Å²) in [5.41, 5.74) is 1.74. The number of hydrogen-bond acceptors (Lipinski definition) is 5. The first-order valence-electron chi connectivity index (χ1n) is 7.94. The van der Waals surface area contributed by atoms with Crippen LogP contribution in [0.25, 0.3) is 0 Å². The van der Waals surface area contributed by atoms with Gasteiger partial charge in [-0.05, 0) is 54.8 Å². The largest absolute Gasteiger partial charge is 0.322 e. The third-order valence-electron chi connectivity index (χ3n) is 3.69. The van der Waals surface area contributed by atoms with E-state index >= 15 is 0 Å². The lowest BCUT2D eigenvalue weighted by Crippen LogP contribution is -2.13. The second-order valence-electron chi connectivity index (χ2n) is 5.71. The summed E-state index contributed by atoms with van der Waals surface area (Å²) >= 11 is 1.12. The number of sulfonamides is 1. The van der Waals surface area contributed by atoms with E-state index in [1.807, 2.05) is 0 Å². The van der Waals surface area contributed by atoms with Crippen molar-refractivity contribution in [1.29, 1.82) is 0 Å². The first-order chi connectivity index (χ1) is 12.8. The number of rotatable bonds is 6. The van der Waals surface area contributed by atoms with Crippen LogP contribution >= 0.6 is 11.3 Å². The van der Waals surface area contributed by atoms with Crippen molar-refractivity contribution in [3.63, 3.8) is 0 Å². The summed E-state index contributed by atoms with van der Waals surface area (Å²) in [6, 6.07) is 15.9. The minimum atomic E-state index is -3.63. The molecular weight excluding hydrogens is 384 g/mol. The molecule has 2 aromatic carbocycles. The molecule has 27 heavy (non-hydrogen) atoms. The number of ketones is 1. The summed E-state index contributed by atoms with van der Waals surface area (Å²) in [5.74, 6) is -0.447. The van der Waals surface area contributed by atoms with Crippen LogP contribution in [0.4, 0.5) is 11.4 Å². The van der Waals surface area contributed by atoms with Gasteiger partial charge < -0.3 is 5.32 Å². The summed E-state index contributed by atoms with van der Waals surface area (Å²) in [5, 5.41) is 4.40. The molecule has 0 fully saturated rings. The zero-order chi connectivity index (χ0) is 19.4. The van der Waals surface area contributed by atoms with Crippen LogP contribution in [0.15, 0.2) is 70.3 Å². The highest BCUT2D eigenvalue weighted by Gasteiger charge is 2.15. The summed E-state index contributed by atoms with van der Waals surface area (Å²) in [4.78, 5) is 23.8. The molecule has 138 valence electrons. The number of thiophene rings is 1. The molecule has 0 saturated carbocycles. The molecule has 2 N–H and O–H groups in total. The van der Waals surface area contributed by atoms with Crippen LogP contribution in [-0.4, -0.2) is 20.1 Å². The van der Waals surface area contributed by atoms with Gasteiger partial charge in [0.25, 0.3) is 15.9 Å². The normalized spacial score (nSPS) is 11.0. The molecule has 0 unspecified atom stereocenters. The van der Waals surface area contributed by atoms with E-state index in [9.17, 15) is 18.0 Å². The van der Waals surface area contributed by atoms with Gasteiger partial charge in [0.1, 0.15) is 4.21 Å². The Morgan fingerprint density at radius 2 is 1.63 bits per heavy atom. The maximum Gasteiger partial charge on any atom is 0.271 e. The van der Waals surface area contributed by atoms with Gasteiger partial charge in [0, 0.05) is 22.5 Å². The molecule has 0 aliphatic heterocycles. The Balaban J connectivity index is 1.71. The average Bonchev–Trinajstić information content (AvgIpc) is 3.18. The first-order valence-corrected chi connectivity index (χ1v) is 10.3. The standard InChI is InChI=1S/C19H16N2O4S2/c1-13(22)15-4-2-5-17(12-15)20-19(23)14-7-9-16(10-8-14)21-27(24,25)18-6-3-11-26-18/h2-12,21H,1H3,(H,20,23). The van der Waals surface area contributed by atoms with E-state index in [0.717, 1.165) is 11.3 Å². The molecule has 0 aliphatic carbocycles. The first kappa shape index (κ1) is 18.8. The van der Waals surface area contributed by atoms with E-state index in [1.165, 1.54) is 37.3 Å². The van der Waals surface area contributed by atoms with E-state index < -0.39 is 10.0 Å². The van der Waals surface area contributed by atoms with E-state index in [-0.39, 0.29) is 15.9 Å². The molecule has 1 amide bonds. The van der Waals surface area contributed by atoms with Crippen molar-refractivity contribution in [2.45, 2.75) is 11.1 Å². The topological polar surface area (TPSA) is 92.3 Å². The predicted octanol–water partition coefficient (Wildman–Crippen LogP) is 4.00. The molecule has 3 rings (SSSR count). The molecule has 0 saturated heterocycles. The van der Waals surface area contributed by atoms with Crippen LogP contribution in [0.3, 0.4) is 0 Å². The molecule has 0 atom stereocenters. The number of benzene rings is 2. The van der Waals surface area contributed by atoms with Gasteiger partial charge in [0.05, 0.1) is 0 Å². The van der Waals surface area contributed by atoms with E-state index in [1.54, 1.807) is 35.7 Å². The van der Waals surface area contributed by atoms with Gasteiger partial charge in [-0.1, -0.05) is 18.2 Å². The Hall–Kier alpha value is -2.97. The number of carbonyl (C=O) groups is 2. The third kappa shape index (κ3) is 4.60. The SMILES string of the molecule is CC(=O)c1cccc(NC(=O)c2ccc(NS(=O)(=O)c3cccs3)cc2)c1. The van der Waals surface area contributed by atoms with E-state index in [2.05, 4.69) is 10.0 Å². The molecule has 0 radical (unpaired) electrons. The van der Waals surface area contributed by atoms with E-state index in [4.69, 9.17) is 0 Å². The van der Waals surface area contributed by atoms with Crippen LogP contribution in [0.1, 0.15) is 27.6 Å². The van der Waals surface area contributed by atoms with Gasteiger partial charge in [-0.3, -0.25) is 14.3 Å². The number of nitrogens with one attached hydrogen (secondary N) is 2. The summed E-state index contributed by atoms with van der Waals surface area (Å²) in [6.07, 6.45) is 0. The van der Waals surface area contributed by atoms with Gasteiger partial charge in [-0.15, -0.1) is 11.3 Å². The van der Waals surface area contributed by atoms with Crippen LogP contribution in [0.2, 0.25) is 0 Å². The Kier molecular flexibility index (Phi) is 5.38. The molecular formula is C19H16N2O4S2. The maximum atomic E-state index is 12.3. The molecule has 8 heteroatoms. The second kappa shape index (κ2) is 7.73. The molecule has 6 nitrogen and oxygen atoms in total. The Morgan fingerprint density at radius 3 is 2.26 bits per heavy atom. The monoisotopic (exact) mass is 400 g/mol. The molecule has 1 aromatic heterocycles. The minimum Gasteiger partial charge on any atom is -0.322 e. The van der Waals surface area contributed by atoms with Crippen molar-refractivity contribution in [3.8, 4) is 0 Å². The predicted molar refractivity (Wildman–Crippen MR) is 106 cm³/mol. The molecule has 0 spiro atoms. The van der Waals surface area contributed by atoms with Crippen LogP contribution in [0, 0.1) is 0 Å². The van der Waals surface area contributed by atoms with Crippen LogP contribution in [0.5, 0.6) is 0 Å². The van der Waals surface area contributed by atoms with Gasteiger partial charge >= 0.3 is 0 Å². The van der Waals surface area contributed by atoms with Crippen molar-refractivity contribution in [1.82, 2.24) is 0 Å². The zero-order valence-corrected chi connectivity index (χ0v) is 15.9. The smallest absolute Gasteiger partial charge is 0.271 e. The Bertz CT molecular complexity index is 1070.